The summed E-state index contributed by atoms with van der Waals surface area (Å²) in [5.74, 6) is 0. The Balaban J connectivity index is 1.43. The minimum absolute atomic E-state index is 0.101. The van der Waals surface area contributed by atoms with Gasteiger partial charge in [-0.3, -0.25) is 9.97 Å². The summed E-state index contributed by atoms with van der Waals surface area (Å²) in [5, 5.41) is 6.69. The maximum absolute atomic E-state index is 11.9. The van der Waals surface area contributed by atoms with Gasteiger partial charge < -0.3 is 25.0 Å². The van der Waals surface area contributed by atoms with Crippen LogP contribution in [0.2, 0.25) is 0 Å². The van der Waals surface area contributed by atoms with Crippen molar-refractivity contribution in [1.82, 2.24) is 15.3 Å². The lowest BCUT2D eigenvalue weighted by atomic mass is 9.91. The van der Waals surface area contributed by atoms with E-state index in [4.69, 9.17) is 9.47 Å². The van der Waals surface area contributed by atoms with Crippen LogP contribution in [0.15, 0.2) is 24.5 Å². The van der Waals surface area contributed by atoms with Crippen molar-refractivity contribution < 1.29 is 14.3 Å². The first-order valence-electron chi connectivity index (χ1n) is 10.9. The highest BCUT2D eigenvalue weighted by Gasteiger charge is 2.24. The molecule has 1 aromatic heterocycles. The number of carbonyl (C=O) groups is 1. The van der Waals surface area contributed by atoms with Crippen LogP contribution >= 0.6 is 0 Å². The molecular formula is C22H31N5O3. The molecule has 2 N–H and O–H groups in total. The largest absolute Gasteiger partial charge is 0.447 e. The van der Waals surface area contributed by atoms with Crippen LogP contribution in [0.4, 0.5) is 16.2 Å². The number of hydrogen-bond donors (Lipinski definition) is 2. The molecular weight excluding hydrogens is 382 g/mol. The highest BCUT2D eigenvalue weighted by molar-refractivity contribution is 5.91. The Bertz CT molecular complexity index is 861. The molecule has 2 fully saturated rings. The van der Waals surface area contributed by atoms with Crippen molar-refractivity contribution in [3.05, 3.63) is 24.5 Å². The molecule has 2 heterocycles. The zero-order valence-corrected chi connectivity index (χ0v) is 17.8. The predicted octanol–water partition coefficient (Wildman–Crippen LogP) is 3.32. The fraction of sp³-hybridized carbons (Fsp3) is 0.591. The number of amides is 1. The minimum atomic E-state index is -0.319. The van der Waals surface area contributed by atoms with Crippen molar-refractivity contribution >= 4 is 28.5 Å². The van der Waals surface area contributed by atoms with E-state index in [0.29, 0.717) is 6.04 Å². The molecule has 1 saturated heterocycles. The highest BCUT2D eigenvalue weighted by atomic mass is 16.6. The summed E-state index contributed by atoms with van der Waals surface area (Å²) in [4.78, 5) is 23.3. The summed E-state index contributed by atoms with van der Waals surface area (Å²) in [6, 6.07) is 4.81. The molecule has 0 radical (unpaired) electrons. The number of aromatic nitrogens is 2. The Kier molecular flexibility index (Phi) is 6.52. The van der Waals surface area contributed by atoms with Gasteiger partial charge in [0, 0.05) is 43.3 Å². The van der Waals surface area contributed by atoms with E-state index in [1.807, 2.05) is 13.8 Å². The van der Waals surface area contributed by atoms with E-state index in [1.165, 1.54) is 0 Å². The van der Waals surface area contributed by atoms with E-state index in [9.17, 15) is 4.79 Å². The molecule has 0 spiro atoms. The molecule has 8 nitrogen and oxygen atoms in total. The number of nitrogens with one attached hydrogen (secondary N) is 2. The molecule has 0 atom stereocenters. The zero-order chi connectivity index (χ0) is 20.9. The molecule has 162 valence electrons. The molecule has 30 heavy (non-hydrogen) atoms. The number of nitrogens with zero attached hydrogens (tertiary/aromatic N) is 3. The van der Waals surface area contributed by atoms with Crippen LogP contribution in [0.5, 0.6) is 0 Å². The highest BCUT2D eigenvalue weighted by Crippen LogP contribution is 2.31. The van der Waals surface area contributed by atoms with Crippen molar-refractivity contribution in [2.24, 2.45) is 0 Å². The molecule has 2 aliphatic rings. The van der Waals surface area contributed by atoms with Crippen molar-refractivity contribution in [1.29, 1.82) is 0 Å². The van der Waals surface area contributed by atoms with Crippen LogP contribution in [-0.2, 0) is 9.47 Å². The van der Waals surface area contributed by atoms with Gasteiger partial charge in [0.2, 0.25) is 0 Å². The number of anilines is 2. The van der Waals surface area contributed by atoms with Gasteiger partial charge in [-0.15, -0.1) is 0 Å². The second-order valence-electron chi connectivity index (χ2n) is 8.31. The summed E-state index contributed by atoms with van der Waals surface area (Å²) in [5.41, 5.74) is 3.98. The van der Waals surface area contributed by atoms with E-state index in [-0.39, 0.29) is 18.2 Å². The van der Waals surface area contributed by atoms with Crippen LogP contribution < -0.4 is 15.5 Å². The fourth-order valence-corrected chi connectivity index (χ4v) is 4.19. The smallest absolute Gasteiger partial charge is 0.407 e. The van der Waals surface area contributed by atoms with Crippen LogP contribution in [-0.4, -0.2) is 60.6 Å². The molecule has 1 aromatic carbocycles. The summed E-state index contributed by atoms with van der Waals surface area (Å²) in [6.45, 7) is 6.98. The van der Waals surface area contributed by atoms with E-state index < -0.39 is 0 Å². The molecule has 2 aromatic rings. The van der Waals surface area contributed by atoms with Gasteiger partial charge in [0.05, 0.1) is 30.5 Å². The molecule has 1 aliphatic heterocycles. The van der Waals surface area contributed by atoms with Gasteiger partial charge >= 0.3 is 6.09 Å². The Morgan fingerprint density at radius 2 is 1.80 bits per heavy atom. The average Bonchev–Trinajstić information content (AvgIpc) is 2.75. The normalized spacial score (nSPS) is 22.2. The zero-order valence-electron chi connectivity index (χ0n) is 17.8. The van der Waals surface area contributed by atoms with E-state index in [1.54, 1.807) is 12.4 Å². The molecule has 0 bridgehead atoms. The lowest BCUT2D eigenvalue weighted by Crippen LogP contribution is -2.41. The maximum Gasteiger partial charge on any atom is 0.407 e. The maximum atomic E-state index is 11.9. The monoisotopic (exact) mass is 413 g/mol. The summed E-state index contributed by atoms with van der Waals surface area (Å²) in [6.07, 6.45) is 6.88. The Hall–Kier alpha value is -2.61. The summed E-state index contributed by atoms with van der Waals surface area (Å²) < 4.78 is 10.7. The second kappa shape index (κ2) is 9.47. The number of fused-ring (bicyclic) bond motifs is 1. The van der Waals surface area contributed by atoms with E-state index in [2.05, 4.69) is 37.6 Å². The van der Waals surface area contributed by atoms with Crippen molar-refractivity contribution in [2.75, 3.05) is 36.5 Å². The third-order valence-corrected chi connectivity index (χ3v) is 5.69. The molecule has 4 rings (SSSR count). The van der Waals surface area contributed by atoms with Gasteiger partial charge in [0.15, 0.2) is 0 Å². The van der Waals surface area contributed by atoms with Crippen molar-refractivity contribution in [3.8, 4) is 0 Å². The number of hydrogen-bond acceptors (Lipinski definition) is 7. The molecule has 8 heteroatoms. The first-order valence-corrected chi connectivity index (χ1v) is 10.9. The fourth-order valence-electron chi connectivity index (χ4n) is 4.19. The molecule has 0 unspecified atom stereocenters. The third kappa shape index (κ3) is 5.11. The van der Waals surface area contributed by atoms with Crippen LogP contribution in [0.1, 0.15) is 39.5 Å². The lowest BCUT2D eigenvalue weighted by Gasteiger charge is -2.32. The van der Waals surface area contributed by atoms with E-state index >= 15 is 0 Å². The predicted molar refractivity (Wildman–Crippen MR) is 117 cm³/mol. The van der Waals surface area contributed by atoms with Crippen molar-refractivity contribution in [2.45, 2.75) is 57.7 Å². The number of ether oxygens (including phenoxy) is 2. The SMILES string of the molecule is CC(C)OC(=O)N[C@H]1CC[C@@H](Nc2cc(N3CCOCC3)cc3nccnc23)CC1. The number of benzene rings is 1. The minimum Gasteiger partial charge on any atom is -0.447 e. The Morgan fingerprint density at radius 3 is 2.53 bits per heavy atom. The quantitative estimate of drug-likeness (QED) is 0.777. The van der Waals surface area contributed by atoms with Crippen molar-refractivity contribution in [3.63, 3.8) is 0 Å². The van der Waals surface area contributed by atoms with Gasteiger partial charge in [-0.1, -0.05) is 0 Å². The second-order valence-corrected chi connectivity index (χ2v) is 8.31. The standard InChI is InChI=1S/C22H31N5O3/c1-15(2)30-22(28)26-17-5-3-16(4-6-17)25-20-14-18(27-9-11-29-12-10-27)13-19-21(20)24-8-7-23-19/h7-8,13-17,25H,3-6,9-12H2,1-2H3,(H,26,28)/t16-,17+. The number of alkyl carbamates (subject to hydrolysis) is 1. The average molecular weight is 414 g/mol. The first-order chi connectivity index (χ1) is 14.6. The summed E-state index contributed by atoms with van der Waals surface area (Å²) in [7, 11) is 0. The third-order valence-electron chi connectivity index (χ3n) is 5.69. The lowest BCUT2D eigenvalue weighted by molar-refractivity contribution is 0.110. The van der Waals surface area contributed by atoms with Gasteiger partial charge in [-0.25, -0.2) is 4.79 Å². The Morgan fingerprint density at radius 1 is 1.10 bits per heavy atom. The molecule has 1 saturated carbocycles. The van der Waals surface area contributed by atoms with Crippen LogP contribution in [0.3, 0.4) is 0 Å². The van der Waals surface area contributed by atoms with Gasteiger partial charge in [0.1, 0.15) is 5.52 Å². The topological polar surface area (TPSA) is 88.6 Å². The number of morpholine rings is 1. The summed E-state index contributed by atoms with van der Waals surface area (Å²) >= 11 is 0. The Labute approximate surface area is 177 Å². The molecule has 1 aliphatic carbocycles. The van der Waals surface area contributed by atoms with Crippen LogP contribution in [0, 0.1) is 0 Å². The molecule has 1 amide bonds. The van der Waals surface area contributed by atoms with Gasteiger partial charge in [-0.05, 0) is 51.7 Å². The van der Waals surface area contributed by atoms with E-state index in [0.717, 1.165) is 74.4 Å². The first kappa shape index (κ1) is 20.7. The number of rotatable bonds is 5. The number of carbonyl (C=O) groups excluding carboxylic acids is 1. The van der Waals surface area contributed by atoms with Gasteiger partial charge in [-0.2, -0.15) is 0 Å². The van der Waals surface area contributed by atoms with Gasteiger partial charge in [0.25, 0.3) is 0 Å². The van der Waals surface area contributed by atoms with Crippen LogP contribution in [0.25, 0.3) is 11.0 Å².